The first-order valence-corrected chi connectivity index (χ1v) is 9.74. The smallest absolute Gasteiger partial charge is 0.331 e. The van der Waals surface area contributed by atoms with Crippen molar-refractivity contribution < 1.29 is 27.9 Å². The minimum atomic E-state index is -3.69. The molecule has 2 rings (SSSR count). The summed E-state index contributed by atoms with van der Waals surface area (Å²) in [6.45, 7) is 1.52. The SMILES string of the molecule is COCC(C)(NC(=O)C1CCCN(S(=O)(=O)c2ccccc2)C1)C(=O)O. The lowest BCUT2D eigenvalue weighted by Crippen LogP contribution is -2.58. The van der Waals surface area contributed by atoms with Crippen molar-refractivity contribution in [1.82, 2.24) is 9.62 Å². The van der Waals surface area contributed by atoms with Crippen LogP contribution >= 0.6 is 0 Å². The number of nitrogens with zero attached hydrogens (tertiary/aromatic N) is 1. The molecule has 1 aromatic rings. The van der Waals surface area contributed by atoms with E-state index in [1.165, 1.54) is 30.5 Å². The van der Waals surface area contributed by atoms with Crippen molar-refractivity contribution in [1.29, 1.82) is 0 Å². The van der Waals surface area contributed by atoms with Crippen molar-refractivity contribution in [2.24, 2.45) is 5.92 Å². The number of hydrogen-bond donors (Lipinski definition) is 2. The van der Waals surface area contributed by atoms with Crippen LogP contribution in [0.5, 0.6) is 0 Å². The van der Waals surface area contributed by atoms with Gasteiger partial charge in [-0.2, -0.15) is 4.31 Å². The molecule has 1 heterocycles. The Labute approximate surface area is 153 Å². The molecule has 0 spiro atoms. The van der Waals surface area contributed by atoms with E-state index >= 15 is 0 Å². The highest BCUT2D eigenvalue weighted by atomic mass is 32.2. The third-order valence-corrected chi connectivity index (χ3v) is 6.32. The zero-order valence-corrected chi connectivity index (χ0v) is 15.7. The maximum Gasteiger partial charge on any atom is 0.331 e. The Morgan fingerprint density at radius 1 is 1.35 bits per heavy atom. The quantitative estimate of drug-likeness (QED) is 0.715. The number of rotatable bonds is 7. The predicted octanol–water partition coefficient (Wildman–Crippen LogP) is 0.693. The van der Waals surface area contributed by atoms with Crippen LogP contribution < -0.4 is 5.32 Å². The van der Waals surface area contributed by atoms with Crippen LogP contribution in [0.2, 0.25) is 0 Å². The number of carboxylic acid groups (broad SMARTS) is 1. The minimum Gasteiger partial charge on any atom is -0.479 e. The van der Waals surface area contributed by atoms with Crippen molar-refractivity contribution in [3.8, 4) is 0 Å². The van der Waals surface area contributed by atoms with E-state index in [-0.39, 0.29) is 18.0 Å². The Morgan fingerprint density at radius 2 is 2.00 bits per heavy atom. The number of hydrogen-bond acceptors (Lipinski definition) is 5. The lowest BCUT2D eigenvalue weighted by atomic mass is 9.96. The van der Waals surface area contributed by atoms with Gasteiger partial charge in [0.25, 0.3) is 0 Å². The monoisotopic (exact) mass is 384 g/mol. The normalized spacial score (nSPS) is 20.9. The number of carbonyl (C=O) groups excluding carboxylic acids is 1. The van der Waals surface area contributed by atoms with Crippen molar-refractivity contribution >= 4 is 21.9 Å². The van der Waals surface area contributed by atoms with Crippen LogP contribution in [0.3, 0.4) is 0 Å². The highest BCUT2D eigenvalue weighted by Gasteiger charge is 2.39. The van der Waals surface area contributed by atoms with Crippen molar-refractivity contribution in [3.63, 3.8) is 0 Å². The van der Waals surface area contributed by atoms with Gasteiger partial charge >= 0.3 is 5.97 Å². The molecule has 8 nitrogen and oxygen atoms in total. The Bertz CT molecular complexity index is 752. The first kappa shape index (κ1) is 20.3. The molecular weight excluding hydrogens is 360 g/mol. The molecular formula is C17H24N2O6S. The van der Waals surface area contributed by atoms with Gasteiger partial charge in [-0.15, -0.1) is 0 Å². The average molecular weight is 384 g/mol. The molecule has 2 unspecified atom stereocenters. The molecule has 1 aliphatic heterocycles. The summed E-state index contributed by atoms with van der Waals surface area (Å²) in [5, 5.41) is 11.8. The average Bonchev–Trinajstić information content (AvgIpc) is 2.62. The van der Waals surface area contributed by atoms with Gasteiger partial charge in [-0.1, -0.05) is 18.2 Å². The van der Waals surface area contributed by atoms with Crippen LogP contribution in [-0.4, -0.2) is 62.1 Å². The zero-order chi connectivity index (χ0) is 19.4. The molecule has 1 aromatic carbocycles. The van der Waals surface area contributed by atoms with E-state index in [0.29, 0.717) is 19.4 Å². The number of methoxy groups -OCH3 is 1. The van der Waals surface area contributed by atoms with E-state index < -0.39 is 33.4 Å². The van der Waals surface area contributed by atoms with Crippen molar-refractivity contribution in [2.75, 3.05) is 26.8 Å². The number of benzene rings is 1. The zero-order valence-electron chi connectivity index (χ0n) is 14.8. The molecule has 144 valence electrons. The molecule has 1 fully saturated rings. The van der Waals surface area contributed by atoms with Gasteiger partial charge in [0.15, 0.2) is 5.54 Å². The standard InChI is InChI=1S/C17H24N2O6S/c1-17(12-25-2,16(21)22)18-15(20)13-7-6-10-19(11-13)26(23,24)14-8-4-3-5-9-14/h3-5,8-9,13H,6-7,10-12H2,1-2H3,(H,18,20)(H,21,22). The number of sulfonamides is 1. The Morgan fingerprint density at radius 3 is 2.58 bits per heavy atom. The fraction of sp³-hybridized carbons (Fsp3) is 0.529. The molecule has 1 aliphatic rings. The number of aliphatic carboxylic acids is 1. The molecule has 1 amide bonds. The van der Waals surface area contributed by atoms with Gasteiger partial charge in [0, 0.05) is 20.2 Å². The molecule has 0 saturated carbocycles. The van der Waals surface area contributed by atoms with E-state index in [4.69, 9.17) is 4.74 Å². The number of nitrogens with one attached hydrogen (secondary N) is 1. The molecule has 0 radical (unpaired) electrons. The highest BCUT2D eigenvalue weighted by Crippen LogP contribution is 2.24. The van der Waals surface area contributed by atoms with Gasteiger partial charge in [0.1, 0.15) is 0 Å². The maximum absolute atomic E-state index is 12.7. The fourth-order valence-electron chi connectivity index (χ4n) is 2.93. The maximum atomic E-state index is 12.7. The summed E-state index contributed by atoms with van der Waals surface area (Å²) in [7, 11) is -2.34. The summed E-state index contributed by atoms with van der Waals surface area (Å²) in [6.07, 6.45) is 1.02. The van der Waals surface area contributed by atoms with Gasteiger partial charge < -0.3 is 15.2 Å². The largest absolute Gasteiger partial charge is 0.479 e. The van der Waals surface area contributed by atoms with E-state index in [1.54, 1.807) is 18.2 Å². The Kier molecular flexibility index (Phi) is 6.38. The van der Waals surface area contributed by atoms with E-state index in [2.05, 4.69) is 5.32 Å². The molecule has 2 atom stereocenters. The first-order valence-electron chi connectivity index (χ1n) is 8.30. The van der Waals surface area contributed by atoms with Gasteiger partial charge in [-0.25, -0.2) is 13.2 Å². The van der Waals surface area contributed by atoms with Crippen molar-refractivity contribution in [3.05, 3.63) is 30.3 Å². The van der Waals surface area contributed by atoms with Crippen LogP contribution in [-0.2, 0) is 24.3 Å². The number of piperidine rings is 1. The third kappa shape index (κ3) is 4.40. The molecule has 1 saturated heterocycles. The molecule has 2 N–H and O–H groups in total. The molecule has 0 aliphatic carbocycles. The lowest BCUT2D eigenvalue weighted by Gasteiger charge is -2.33. The van der Waals surface area contributed by atoms with Gasteiger partial charge in [-0.3, -0.25) is 4.79 Å². The van der Waals surface area contributed by atoms with E-state index in [0.717, 1.165) is 0 Å². The molecule has 26 heavy (non-hydrogen) atoms. The van der Waals surface area contributed by atoms with E-state index in [1.807, 2.05) is 0 Å². The predicted molar refractivity (Wildman–Crippen MR) is 94.0 cm³/mol. The molecule has 9 heteroatoms. The van der Waals surface area contributed by atoms with Gasteiger partial charge in [0.05, 0.1) is 17.4 Å². The Hall–Kier alpha value is -1.97. The number of amides is 1. The van der Waals surface area contributed by atoms with Crippen LogP contribution in [0.15, 0.2) is 35.2 Å². The molecule has 0 bridgehead atoms. The summed E-state index contributed by atoms with van der Waals surface area (Å²) in [4.78, 5) is 24.2. The van der Waals surface area contributed by atoms with Crippen LogP contribution in [0, 0.1) is 5.92 Å². The van der Waals surface area contributed by atoms with Crippen molar-refractivity contribution in [2.45, 2.75) is 30.2 Å². The topological polar surface area (TPSA) is 113 Å². The number of carboxylic acids is 1. The fourth-order valence-corrected chi connectivity index (χ4v) is 4.48. The van der Waals surface area contributed by atoms with Crippen LogP contribution in [0.1, 0.15) is 19.8 Å². The summed E-state index contributed by atoms with van der Waals surface area (Å²) >= 11 is 0. The second-order valence-electron chi connectivity index (χ2n) is 6.57. The first-order chi connectivity index (χ1) is 12.2. The molecule has 0 aromatic heterocycles. The van der Waals surface area contributed by atoms with Gasteiger partial charge in [-0.05, 0) is 31.9 Å². The Balaban J connectivity index is 2.13. The summed E-state index contributed by atoms with van der Waals surface area (Å²) < 4.78 is 31.6. The second-order valence-corrected chi connectivity index (χ2v) is 8.51. The van der Waals surface area contributed by atoms with Gasteiger partial charge in [0.2, 0.25) is 15.9 Å². The number of carbonyl (C=O) groups is 2. The highest BCUT2D eigenvalue weighted by molar-refractivity contribution is 7.89. The number of ether oxygens (including phenoxy) is 1. The lowest BCUT2D eigenvalue weighted by molar-refractivity contribution is -0.150. The minimum absolute atomic E-state index is 0.0196. The third-order valence-electron chi connectivity index (χ3n) is 4.44. The summed E-state index contributed by atoms with van der Waals surface area (Å²) in [6, 6.07) is 8.04. The van der Waals surface area contributed by atoms with Crippen LogP contribution in [0.4, 0.5) is 0 Å². The van der Waals surface area contributed by atoms with Crippen LogP contribution in [0.25, 0.3) is 0 Å². The van der Waals surface area contributed by atoms with E-state index in [9.17, 15) is 23.1 Å². The second kappa shape index (κ2) is 8.15. The summed E-state index contributed by atoms with van der Waals surface area (Å²) in [5.41, 5.74) is -1.56. The summed E-state index contributed by atoms with van der Waals surface area (Å²) in [5.74, 6) is -2.31.